The summed E-state index contributed by atoms with van der Waals surface area (Å²) in [6.07, 6.45) is 3.20. The maximum absolute atomic E-state index is 10.8. The minimum absolute atomic E-state index is 0.178. The molecule has 0 saturated carbocycles. The molecular formula is C8H15NOS. The molecule has 1 unspecified atom stereocenters. The summed E-state index contributed by atoms with van der Waals surface area (Å²) in [5, 5.41) is 3.60. The molecule has 0 bridgehead atoms. The molecule has 1 N–H and O–H groups in total. The third-order valence-corrected chi connectivity index (χ3v) is 3.27. The molecule has 64 valence electrons. The maximum atomic E-state index is 10.8. The van der Waals surface area contributed by atoms with Crippen LogP contribution in [0, 0.1) is 0 Å². The first-order valence-corrected chi connectivity index (χ1v) is 5.26. The van der Waals surface area contributed by atoms with Crippen molar-refractivity contribution in [3.63, 3.8) is 0 Å². The minimum atomic E-state index is 0.178. The average Bonchev–Trinajstić information content (AvgIpc) is 2.52. The summed E-state index contributed by atoms with van der Waals surface area (Å²) in [6.45, 7) is 2.76. The van der Waals surface area contributed by atoms with Gasteiger partial charge in [0.15, 0.2) is 0 Å². The van der Waals surface area contributed by atoms with Crippen molar-refractivity contribution >= 4 is 17.7 Å². The average molecular weight is 173 g/mol. The Bertz CT molecular complexity index is 132. The Morgan fingerprint density at radius 1 is 1.73 bits per heavy atom. The lowest BCUT2D eigenvalue weighted by atomic mass is 10.2. The summed E-state index contributed by atoms with van der Waals surface area (Å²) < 4.78 is 0. The molecule has 1 fully saturated rings. The highest BCUT2D eigenvalue weighted by Gasteiger charge is 2.15. The third-order valence-electron chi connectivity index (χ3n) is 1.87. The van der Waals surface area contributed by atoms with Crippen LogP contribution in [0.5, 0.6) is 0 Å². The molecule has 0 aromatic rings. The molecule has 1 amide bonds. The van der Waals surface area contributed by atoms with Crippen LogP contribution in [-0.2, 0) is 4.79 Å². The van der Waals surface area contributed by atoms with E-state index in [1.165, 1.54) is 18.6 Å². The van der Waals surface area contributed by atoms with E-state index in [9.17, 15) is 4.79 Å². The van der Waals surface area contributed by atoms with Crippen molar-refractivity contribution in [3.05, 3.63) is 0 Å². The zero-order valence-corrected chi connectivity index (χ0v) is 7.75. The molecule has 0 spiro atoms. The number of nitrogens with one attached hydrogen (secondary N) is 1. The standard InChI is InChI=1S/C8H15NOS/c1-2-8(10)9-6-7-4-3-5-11-7/h7H,2-6H2,1H3,(H,9,10). The van der Waals surface area contributed by atoms with Gasteiger partial charge in [-0.2, -0.15) is 11.8 Å². The predicted molar refractivity (Wildman–Crippen MR) is 48.8 cm³/mol. The van der Waals surface area contributed by atoms with Crippen molar-refractivity contribution in [1.82, 2.24) is 5.32 Å². The molecule has 1 aliphatic heterocycles. The molecule has 0 aromatic carbocycles. The van der Waals surface area contributed by atoms with Gasteiger partial charge in [0.05, 0.1) is 0 Å². The second kappa shape index (κ2) is 4.65. The van der Waals surface area contributed by atoms with E-state index < -0.39 is 0 Å². The maximum Gasteiger partial charge on any atom is 0.219 e. The van der Waals surface area contributed by atoms with Gasteiger partial charge in [-0.25, -0.2) is 0 Å². The Hall–Kier alpha value is -0.180. The molecule has 1 heterocycles. The predicted octanol–water partition coefficient (Wildman–Crippen LogP) is 1.41. The van der Waals surface area contributed by atoms with Crippen LogP contribution in [0.25, 0.3) is 0 Å². The van der Waals surface area contributed by atoms with Gasteiger partial charge in [0.1, 0.15) is 0 Å². The fourth-order valence-corrected chi connectivity index (χ4v) is 2.36. The van der Waals surface area contributed by atoms with Gasteiger partial charge in [0.25, 0.3) is 0 Å². The number of hydrogen-bond donors (Lipinski definition) is 1. The Morgan fingerprint density at radius 2 is 2.55 bits per heavy atom. The lowest BCUT2D eigenvalue weighted by Crippen LogP contribution is -2.28. The van der Waals surface area contributed by atoms with E-state index in [4.69, 9.17) is 0 Å². The minimum Gasteiger partial charge on any atom is -0.355 e. The van der Waals surface area contributed by atoms with Gasteiger partial charge in [0.2, 0.25) is 5.91 Å². The van der Waals surface area contributed by atoms with Crippen molar-refractivity contribution in [2.24, 2.45) is 0 Å². The van der Waals surface area contributed by atoms with E-state index in [0.29, 0.717) is 11.7 Å². The summed E-state index contributed by atoms with van der Waals surface area (Å²) in [5.41, 5.74) is 0. The van der Waals surface area contributed by atoms with Gasteiger partial charge < -0.3 is 5.32 Å². The first-order chi connectivity index (χ1) is 5.33. The van der Waals surface area contributed by atoms with E-state index in [1.54, 1.807) is 0 Å². The molecule has 3 heteroatoms. The zero-order chi connectivity index (χ0) is 8.10. The molecule has 0 aliphatic carbocycles. The smallest absolute Gasteiger partial charge is 0.219 e. The highest BCUT2D eigenvalue weighted by Crippen LogP contribution is 2.25. The lowest BCUT2D eigenvalue weighted by molar-refractivity contribution is -0.120. The second-order valence-electron chi connectivity index (χ2n) is 2.79. The summed E-state index contributed by atoms with van der Waals surface area (Å²) in [5.74, 6) is 1.45. The van der Waals surface area contributed by atoms with Crippen molar-refractivity contribution in [1.29, 1.82) is 0 Å². The summed E-state index contributed by atoms with van der Waals surface area (Å²) in [6, 6.07) is 0. The first-order valence-electron chi connectivity index (χ1n) is 4.21. The molecule has 1 atom stereocenters. The van der Waals surface area contributed by atoms with E-state index in [1.807, 2.05) is 18.7 Å². The summed E-state index contributed by atoms with van der Waals surface area (Å²) in [4.78, 5) is 10.8. The molecule has 2 nitrogen and oxygen atoms in total. The number of carbonyl (C=O) groups excluding carboxylic acids is 1. The molecule has 0 aromatic heterocycles. The molecule has 1 rings (SSSR count). The highest BCUT2D eigenvalue weighted by molar-refractivity contribution is 8.00. The van der Waals surface area contributed by atoms with E-state index in [2.05, 4.69) is 5.32 Å². The van der Waals surface area contributed by atoms with E-state index in [-0.39, 0.29) is 5.91 Å². The molecule has 1 aliphatic rings. The molecule has 11 heavy (non-hydrogen) atoms. The van der Waals surface area contributed by atoms with Crippen LogP contribution in [0.2, 0.25) is 0 Å². The fraction of sp³-hybridized carbons (Fsp3) is 0.875. The van der Waals surface area contributed by atoms with Crippen LogP contribution < -0.4 is 5.32 Å². The van der Waals surface area contributed by atoms with Gasteiger partial charge in [-0.1, -0.05) is 6.92 Å². The van der Waals surface area contributed by atoms with Crippen molar-refractivity contribution in [2.45, 2.75) is 31.4 Å². The number of rotatable bonds is 3. The van der Waals surface area contributed by atoms with Crippen LogP contribution in [0.15, 0.2) is 0 Å². The normalized spacial score (nSPS) is 23.5. The number of amides is 1. The first kappa shape index (κ1) is 8.91. The Morgan fingerprint density at radius 3 is 3.09 bits per heavy atom. The van der Waals surface area contributed by atoms with E-state index >= 15 is 0 Å². The van der Waals surface area contributed by atoms with Gasteiger partial charge in [-0.05, 0) is 18.6 Å². The second-order valence-corrected chi connectivity index (χ2v) is 4.20. The number of hydrogen-bond acceptors (Lipinski definition) is 2. The zero-order valence-electron chi connectivity index (χ0n) is 6.93. The monoisotopic (exact) mass is 173 g/mol. The summed E-state index contributed by atoms with van der Waals surface area (Å²) in [7, 11) is 0. The van der Waals surface area contributed by atoms with Gasteiger partial charge in [0, 0.05) is 18.2 Å². The van der Waals surface area contributed by atoms with Crippen molar-refractivity contribution in [2.75, 3.05) is 12.3 Å². The Kier molecular flexibility index (Phi) is 3.77. The van der Waals surface area contributed by atoms with Gasteiger partial charge in [-0.15, -0.1) is 0 Å². The highest BCUT2D eigenvalue weighted by atomic mass is 32.2. The number of thioether (sulfide) groups is 1. The summed E-state index contributed by atoms with van der Waals surface area (Å²) >= 11 is 1.98. The van der Waals surface area contributed by atoms with Crippen molar-refractivity contribution in [3.8, 4) is 0 Å². The largest absolute Gasteiger partial charge is 0.355 e. The van der Waals surface area contributed by atoms with Gasteiger partial charge in [-0.3, -0.25) is 4.79 Å². The molecule has 0 radical (unpaired) electrons. The quantitative estimate of drug-likeness (QED) is 0.699. The SMILES string of the molecule is CCC(=O)NCC1CCCS1. The molecule has 1 saturated heterocycles. The van der Waals surface area contributed by atoms with Crippen LogP contribution in [0.1, 0.15) is 26.2 Å². The fourth-order valence-electron chi connectivity index (χ4n) is 1.16. The van der Waals surface area contributed by atoms with Crippen LogP contribution in [0.3, 0.4) is 0 Å². The van der Waals surface area contributed by atoms with Gasteiger partial charge >= 0.3 is 0 Å². The topological polar surface area (TPSA) is 29.1 Å². The van der Waals surface area contributed by atoms with Crippen LogP contribution >= 0.6 is 11.8 Å². The Balaban J connectivity index is 2.06. The molecular weight excluding hydrogens is 158 g/mol. The third kappa shape index (κ3) is 3.14. The lowest BCUT2D eigenvalue weighted by Gasteiger charge is -2.08. The van der Waals surface area contributed by atoms with Crippen LogP contribution in [-0.4, -0.2) is 23.5 Å². The Labute approximate surface area is 72.1 Å². The van der Waals surface area contributed by atoms with E-state index in [0.717, 1.165) is 6.54 Å². The van der Waals surface area contributed by atoms with Crippen molar-refractivity contribution < 1.29 is 4.79 Å². The number of carbonyl (C=O) groups is 1. The van der Waals surface area contributed by atoms with Crippen LogP contribution in [0.4, 0.5) is 0 Å².